The molecule has 4 aromatic rings. The van der Waals surface area contributed by atoms with Crippen LogP contribution in [0.4, 0.5) is 11.6 Å². The Kier molecular flexibility index (Phi) is 4.90. The molecule has 2 aromatic heterocycles. The molecule has 162 valence electrons. The quantitative estimate of drug-likeness (QED) is 0.453. The lowest BCUT2D eigenvalue weighted by Gasteiger charge is -2.16. The van der Waals surface area contributed by atoms with Gasteiger partial charge in [0.25, 0.3) is 0 Å². The van der Waals surface area contributed by atoms with Crippen LogP contribution < -0.4 is 15.2 Å². The zero-order chi connectivity index (χ0) is 22.3. The Hall–Kier alpha value is -3.72. The van der Waals surface area contributed by atoms with Crippen LogP contribution in [0.15, 0.2) is 60.9 Å². The van der Waals surface area contributed by atoms with E-state index in [1.165, 1.54) is 0 Å². The summed E-state index contributed by atoms with van der Waals surface area (Å²) in [6.45, 7) is 1.93. The zero-order valence-corrected chi connectivity index (χ0v) is 18.1. The van der Waals surface area contributed by atoms with Gasteiger partial charge < -0.3 is 10.5 Å². The van der Waals surface area contributed by atoms with Crippen LogP contribution in [0.25, 0.3) is 22.0 Å². The van der Waals surface area contributed by atoms with E-state index in [1.807, 2.05) is 37.3 Å². The van der Waals surface area contributed by atoms with Crippen molar-refractivity contribution >= 4 is 32.4 Å². The highest BCUT2D eigenvalue weighted by Gasteiger charge is 2.36. The lowest BCUT2D eigenvalue weighted by Crippen LogP contribution is -2.17. The van der Waals surface area contributed by atoms with E-state index < -0.39 is 10.0 Å². The third-order valence-electron chi connectivity index (χ3n) is 5.34. The molecule has 1 aliphatic carbocycles. The topological polar surface area (TPSA) is 120 Å². The van der Waals surface area contributed by atoms with Crippen LogP contribution in [0.3, 0.4) is 0 Å². The van der Waals surface area contributed by atoms with Crippen LogP contribution >= 0.6 is 0 Å². The number of ether oxygens (including phenoxy) is 1. The molecule has 8 nitrogen and oxygen atoms in total. The number of rotatable bonds is 6. The molecule has 1 saturated carbocycles. The van der Waals surface area contributed by atoms with E-state index in [9.17, 15) is 8.42 Å². The molecule has 0 amide bonds. The van der Waals surface area contributed by atoms with E-state index in [4.69, 9.17) is 10.5 Å². The number of nitrogens with two attached hydrogens (primary N) is 1. The van der Waals surface area contributed by atoms with Gasteiger partial charge in [-0.2, -0.15) is 0 Å². The molecule has 9 heteroatoms. The molecule has 2 aromatic carbocycles. The fraction of sp³-hybridized carbons (Fsp3) is 0.174. The third kappa shape index (κ3) is 3.82. The minimum atomic E-state index is -3.39. The molecule has 1 aliphatic rings. The van der Waals surface area contributed by atoms with Crippen molar-refractivity contribution in [2.24, 2.45) is 0 Å². The normalized spacial score (nSPS) is 13.8. The van der Waals surface area contributed by atoms with Crippen LogP contribution in [0.5, 0.6) is 11.6 Å². The van der Waals surface area contributed by atoms with E-state index >= 15 is 0 Å². The molecule has 0 radical (unpaired) electrons. The van der Waals surface area contributed by atoms with Gasteiger partial charge in [0.05, 0.1) is 22.2 Å². The van der Waals surface area contributed by atoms with Crippen molar-refractivity contribution in [3.05, 3.63) is 66.5 Å². The van der Waals surface area contributed by atoms with Gasteiger partial charge in [0.1, 0.15) is 5.75 Å². The predicted molar refractivity (Wildman–Crippen MR) is 124 cm³/mol. The van der Waals surface area contributed by atoms with E-state index in [0.717, 1.165) is 16.3 Å². The molecule has 0 spiro atoms. The van der Waals surface area contributed by atoms with E-state index in [-0.39, 0.29) is 11.2 Å². The van der Waals surface area contributed by atoms with Crippen molar-refractivity contribution in [3.63, 3.8) is 0 Å². The van der Waals surface area contributed by atoms with Crippen molar-refractivity contribution < 1.29 is 13.2 Å². The summed E-state index contributed by atoms with van der Waals surface area (Å²) in [5.41, 5.74) is 8.43. The average Bonchev–Trinajstić information content (AvgIpc) is 3.62. The largest absolute Gasteiger partial charge is 0.437 e. The van der Waals surface area contributed by atoms with Crippen LogP contribution in [0, 0.1) is 6.92 Å². The van der Waals surface area contributed by atoms with Gasteiger partial charge in [0.15, 0.2) is 0 Å². The van der Waals surface area contributed by atoms with Crippen LogP contribution in [0.2, 0.25) is 0 Å². The number of hydrogen-bond donors (Lipinski definition) is 2. The number of anilines is 2. The molecule has 32 heavy (non-hydrogen) atoms. The van der Waals surface area contributed by atoms with Gasteiger partial charge in [-0.3, -0.25) is 4.72 Å². The summed E-state index contributed by atoms with van der Waals surface area (Å²) in [6, 6.07) is 14.6. The summed E-state index contributed by atoms with van der Waals surface area (Å²) >= 11 is 0. The molecule has 3 N–H and O–H groups in total. The van der Waals surface area contributed by atoms with Crippen molar-refractivity contribution in [3.8, 4) is 22.9 Å². The maximum Gasteiger partial charge on any atom is 0.235 e. The minimum absolute atomic E-state index is 0.159. The Labute approximate surface area is 185 Å². The van der Waals surface area contributed by atoms with Gasteiger partial charge in [-0.25, -0.2) is 23.4 Å². The van der Waals surface area contributed by atoms with Gasteiger partial charge in [-0.15, -0.1) is 0 Å². The molecule has 0 atom stereocenters. The third-order valence-corrected chi connectivity index (χ3v) is 7.20. The van der Waals surface area contributed by atoms with Gasteiger partial charge in [0, 0.05) is 23.2 Å². The van der Waals surface area contributed by atoms with Gasteiger partial charge >= 0.3 is 0 Å². The summed E-state index contributed by atoms with van der Waals surface area (Å²) in [7, 11) is -3.39. The lowest BCUT2D eigenvalue weighted by atomic mass is 10.0. The first-order valence-corrected chi connectivity index (χ1v) is 11.7. The Morgan fingerprint density at radius 2 is 1.84 bits per heavy atom. The number of sulfonamides is 1. The highest BCUT2D eigenvalue weighted by Crippen LogP contribution is 2.39. The molecular weight excluding hydrogens is 426 g/mol. The second kappa shape index (κ2) is 7.76. The molecule has 0 unspecified atom stereocenters. The van der Waals surface area contributed by atoms with Crippen LogP contribution in [-0.4, -0.2) is 28.6 Å². The van der Waals surface area contributed by atoms with Gasteiger partial charge in [0.2, 0.25) is 21.9 Å². The smallest absolute Gasteiger partial charge is 0.235 e. The van der Waals surface area contributed by atoms with Crippen LogP contribution in [0.1, 0.15) is 18.4 Å². The molecule has 1 fully saturated rings. The summed E-state index contributed by atoms with van der Waals surface area (Å²) in [4.78, 5) is 12.6. The SMILES string of the molecule is Cc1ccc2c(NS(=O)(=O)C3CC3)cccc2c1Oc1ncccc1-c1ccnc(N)n1. The van der Waals surface area contributed by atoms with Crippen molar-refractivity contribution in [2.45, 2.75) is 25.0 Å². The number of nitrogens with one attached hydrogen (secondary N) is 1. The Morgan fingerprint density at radius 1 is 1.00 bits per heavy atom. The first-order chi connectivity index (χ1) is 15.4. The molecule has 0 aliphatic heterocycles. The second-order valence-electron chi connectivity index (χ2n) is 7.72. The van der Waals surface area contributed by atoms with E-state index in [0.29, 0.717) is 41.4 Å². The predicted octanol–water partition coefficient (Wildman–Crippen LogP) is 4.28. The van der Waals surface area contributed by atoms with Crippen LogP contribution in [-0.2, 0) is 10.0 Å². The highest BCUT2D eigenvalue weighted by atomic mass is 32.2. The maximum atomic E-state index is 12.5. The second-order valence-corrected chi connectivity index (χ2v) is 9.68. The number of hydrogen-bond acceptors (Lipinski definition) is 7. The summed E-state index contributed by atoms with van der Waals surface area (Å²) in [5, 5.41) is 1.22. The Bertz CT molecular complexity index is 1440. The fourth-order valence-corrected chi connectivity index (χ4v) is 4.97. The number of nitrogens with zero attached hydrogens (tertiary/aromatic N) is 3. The van der Waals surface area contributed by atoms with Crippen molar-refractivity contribution in [2.75, 3.05) is 10.5 Å². The Balaban J connectivity index is 1.59. The highest BCUT2D eigenvalue weighted by molar-refractivity contribution is 7.93. The van der Waals surface area contributed by atoms with Gasteiger partial charge in [-0.1, -0.05) is 24.3 Å². The number of nitrogen functional groups attached to an aromatic ring is 1. The maximum absolute atomic E-state index is 12.5. The Morgan fingerprint density at radius 3 is 2.62 bits per heavy atom. The molecular formula is C23H21N5O3S. The molecule has 0 saturated heterocycles. The molecule has 5 rings (SSSR count). The van der Waals surface area contributed by atoms with Gasteiger partial charge in [-0.05, 0) is 49.6 Å². The monoisotopic (exact) mass is 447 g/mol. The number of aryl methyl sites for hydroxylation is 1. The van der Waals surface area contributed by atoms with Crippen molar-refractivity contribution in [1.29, 1.82) is 0 Å². The fourth-order valence-electron chi connectivity index (χ4n) is 3.57. The summed E-state index contributed by atoms with van der Waals surface area (Å²) in [6.07, 6.45) is 4.61. The minimum Gasteiger partial charge on any atom is -0.437 e. The number of fused-ring (bicyclic) bond motifs is 1. The van der Waals surface area contributed by atoms with E-state index in [2.05, 4.69) is 19.7 Å². The standard InChI is InChI=1S/C23H21N5O3S/c1-14-7-10-16-17(4-2-6-20(16)28-32(29,30)15-8-9-15)21(14)31-22-18(5-3-12-25-22)19-11-13-26-23(24)27-19/h2-7,10-13,15,28H,8-9H2,1H3,(H2,24,26,27). The molecule has 2 heterocycles. The zero-order valence-electron chi connectivity index (χ0n) is 17.3. The summed E-state index contributed by atoms with van der Waals surface area (Å²) in [5.74, 6) is 1.12. The first kappa shape index (κ1) is 20.2. The van der Waals surface area contributed by atoms with E-state index in [1.54, 1.807) is 30.6 Å². The number of pyridine rings is 1. The lowest BCUT2D eigenvalue weighted by molar-refractivity contribution is 0.466. The molecule has 0 bridgehead atoms. The number of aromatic nitrogens is 3. The summed E-state index contributed by atoms with van der Waals surface area (Å²) < 4.78 is 34.1. The average molecular weight is 448 g/mol. The van der Waals surface area contributed by atoms with Crippen molar-refractivity contribution in [1.82, 2.24) is 15.0 Å². The number of benzene rings is 2. The first-order valence-electron chi connectivity index (χ1n) is 10.2.